The maximum absolute atomic E-state index is 13.2. The van der Waals surface area contributed by atoms with Gasteiger partial charge in [0.1, 0.15) is 11.8 Å². The lowest BCUT2D eigenvalue weighted by Gasteiger charge is -2.16. The van der Waals surface area contributed by atoms with E-state index in [4.69, 9.17) is 5.26 Å². The van der Waals surface area contributed by atoms with Gasteiger partial charge in [-0.25, -0.2) is 13.2 Å². The number of benzene rings is 1. The molecule has 0 aliphatic rings. The molecule has 8 heteroatoms. The summed E-state index contributed by atoms with van der Waals surface area (Å²) in [5.41, 5.74) is 0.141. The van der Waals surface area contributed by atoms with Crippen LogP contribution in [-0.4, -0.2) is 22.6 Å². The van der Waals surface area contributed by atoms with Crippen molar-refractivity contribution in [2.45, 2.75) is 6.04 Å². The Bertz CT molecular complexity index is 729. The molecule has 1 unspecified atom stereocenters. The average Bonchev–Trinajstić information content (AvgIpc) is 2.98. The molecule has 0 saturated carbocycles. The molecule has 22 heavy (non-hydrogen) atoms. The molecule has 5 nitrogen and oxygen atoms in total. The number of carbonyl (C=O) groups is 1. The van der Waals surface area contributed by atoms with Gasteiger partial charge in [0.2, 0.25) is 0 Å². The predicted molar refractivity (Wildman–Crippen MR) is 69.1 cm³/mol. The van der Waals surface area contributed by atoms with E-state index in [0.717, 1.165) is 0 Å². The summed E-state index contributed by atoms with van der Waals surface area (Å²) in [6, 6.07) is 3.34. The van der Waals surface area contributed by atoms with Gasteiger partial charge in [-0.15, -0.1) is 0 Å². The molecule has 2 aromatic rings. The normalized spacial score (nSPS) is 11.8. The van der Waals surface area contributed by atoms with Crippen LogP contribution >= 0.6 is 0 Å². The standard InChI is InChI=1S/C14H10F3N3O2/c15-9-2-8(3-10(16)13(9)17)12(6-21)20-14(22)11-1-7(4-18)5-19-11/h1-3,5,12,19,21H,6H2,(H,20,22). The van der Waals surface area contributed by atoms with Gasteiger partial charge in [0.05, 0.1) is 18.2 Å². The molecule has 2 rings (SSSR count). The van der Waals surface area contributed by atoms with Crippen molar-refractivity contribution in [1.29, 1.82) is 5.26 Å². The molecule has 1 aromatic heterocycles. The van der Waals surface area contributed by atoms with E-state index < -0.39 is 36.0 Å². The Balaban J connectivity index is 2.22. The molecule has 0 fully saturated rings. The van der Waals surface area contributed by atoms with E-state index >= 15 is 0 Å². The van der Waals surface area contributed by atoms with E-state index in [9.17, 15) is 23.1 Å². The Morgan fingerprint density at radius 3 is 2.45 bits per heavy atom. The van der Waals surface area contributed by atoms with Gasteiger partial charge < -0.3 is 15.4 Å². The molecule has 114 valence electrons. The number of H-pyrrole nitrogens is 1. The van der Waals surface area contributed by atoms with E-state index in [1.807, 2.05) is 6.07 Å². The second-order valence-corrected chi connectivity index (χ2v) is 4.42. The van der Waals surface area contributed by atoms with Gasteiger partial charge in [-0.2, -0.15) is 5.26 Å². The number of rotatable bonds is 4. The van der Waals surface area contributed by atoms with Crippen LogP contribution in [0.5, 0.6) is 0 Å². The van der Waals surface area contributed by atoms with Gasteiger partial charge in [-0.1, -0.05) is 0 Å². The van der Waals surface area contributed by atoms with Crippen LogP contribution in [0.3, 0.4) is 0 Å². The van der Waals surface area contributed by atoms with Crippen molar-refractivity contribution >= 4 is 5.91 Å². The lowest BCUT2D eigenvalue weighted by Crippen LogP contribution is -2.31. The smallest absolute Gasteiger partial charge is 0.268 e. The van der Waals surface area contributed by atoms with Gasteiger partial charge >= 0.3 is 0 Å². The summed E-state index contributed by atoms with van der Waals surface area (Å²) >= 11 is 0. The predicted octanol–water partition coefficient (Wildman–Crippen LogP) is 1.77. The van der Waals surface area contributed by atoms with Crippen LogP contribution < -0.4 is 5.32 Å². The summed E-state index contributed by atoms with van der Waals surface area (Å²) < 4.78 is 39.3. The molecular formula is C14H10F3N3O2. The minimum absolute atomic E-state index is 0.0399. The maximum atomic E-state index is 13.2. The first kappa shape index (κ1) is 15.6. The van der Waals surface area contributed by atoms with Crippen LogP contribution in [0.25, 0.3) is 0 Å². The molecule has 1 heterocycles. The number of halogens is 3. The van der Waals surface area contributed by atoms with Gasteiger partial charge in [0, 0.05) is 6.20 Å². The topological polar surface area (TPSA) is 88.9 Å². The maximum Gasteiger partial charge on any atom is 0.268 e. The fourth-order valence-corrected chi connectivity index (χ4v) is 1.84. The zero-order valence-corrected chi connectivity index (χ0v) is 11.0. The lowest BCUT2D eigenvalue weighted by molar-refractivity contribution is 0.0911. The number of nitriles is 1. The van der Waals surface area contributed by atoms with Gasteiger partial charge in [0.15, 0.2) is 17.5 Å². The number of hydrogen-bond donors (Lipinski definition) is 3. The van der Waals surface area contributed by atoms with Crippen LogP contribution in [0.2, 0.25) is 0 Å². The van der Waals surface area contributed by atoms with E-state index in [0.29, 0.717) is 12.1 Å². The molecule has 0 aliphatic carbocycles. The number of aromatic nitrogens is 1. The number of amides is 1. The summed E-state index contributed by atoms with van der Waals surface area (Å²) in [5, 5.41) is 20.3. The fourth-order valence-electron chi connectivity index (χ4n) is 1.84. The molecule has 3 N–H and O–H groups in total. The van der Waals surface area contributed by atoms with Crippen LogP contribution in [0.15, 0.2) is 24.4 Å². The summed E-state index contributed by atoms with van der Waals surface area (Å²) in [5.74, 6) is -5.16. The number of aliphatic hydroxyl groups is 1. The molecule has 0 spiro atoms. The van der Waals surface area contributed by atoms with Gasteiger partial charge in [-0.05, 0) is 23.8 Å². The van der Waals surface area contributed by atoms with Crippen LogP contribution in [0.1, 0.15) is 27.7 Å². The summed E-state index contributed by atoms with van der Waals surface area (Å²) in [7, 11) is 0. The zero-order chi connectivity index (χ0) is 16.3. The minimum atomic E-state index is -1.63. The van der Waals surface area contributed by atoms with Crippen LogP contribution in [0.4, 0.5) is 13.2 Å². The zero-order valence-electron chi connectivity index (χ0n) is 11.0. The van der Waals surface area contributed by atoms with Crippen molar-refractivity contribution in [3.8, 4) is 6.07 Å². The van der Waals surface area contributed by atoms with Crippen molar-refractivity contribution in [2.75, 3.05) is 6.61 Å². The molecule has 0 bridgehead atoms. The molecule has 1 atom stereocenters. The van der Waals surface area contributed by atoms with E-state index in [1.165, 1.54) is 12.3 Å². The van der Waals surface area contributed by atoms with Crippen molar-refractivity contribution in [1.82, 2.24) is 10.3 Å². The second-order valence-electron chi connectivity index (χ2n) is 4.42. The molecule has 1 amide bonds. The number of carbonyl (C=O) groups excluding carboxylic acids is 1. The number of nitrogens with one attached hydrogen (secondary N) is 2. The molecule has 0 aliphatic heterocycles. The minimum Gasteiger partial charge on any atom is -0.394 e. The number of aromatic amines is 1. The Morgan fingerprint density at radius 2 is 1.95 bits per heavy atom. The molecular weight excluding hydrogens is 299 g/mol. The third-order valence-electron chi connectivity index (χ3n) is 2.95. The highest BCUT2D eigenvalue weighted by atomic mass is 19.2. The van der Waals surface area contributed by atoms with E-state index in [2.05, 4.69) is 10.3 Å². The monoisotopic (exact) mass is 309 g/mol. The van der Waals surface area contributed by atoms with Crippen molar-refractivity contribution < 1.29 is 23.1 Å². The highest BCUT2D eigenvalue weighted by molar-refractivity contribution is 5.93. The summed E-state index contributed by atoms with van der Waals surface area (Å²) in [6.45, 7) is -0.651. The summed E-state index contributed by atoms with van der Waals surface area (Å²) in [6.07, 6.45) is 1.31. The van der Waals surface area contributed by atoms with Crippen molar-refractivity contribution in [2.24, 2.45) is 0 Å². The first-order valence-electron chi connectivity index (χ1n) is 6.11. The number of hydrogen-bond acceptors (Lipinski definition) is 3. The lowest BCUT2D eigenvalue weighted by atomic mass is 10.1. The van der Waals surface area contributed by atoms with Gasteiger partial charge in [0.25, 0.3) is 5.91 Å². The molecule has 0 saturated heterocycles. The van der Waals surface area contributed by atoms with E-state index in [-0.39, 0.29) is 16.8 Å². The largest absolute Gasteiger partial charge is 0.394 e. The Hall–Kier alpha value is -2.79. The van der Waals surface area contributed by atoms with Crippen LogP contribution in [0, 0.1) is 28.8 Å². The highest BCUT2D eigenvalue weighted by Crippen LogP contribution is 2.19. The first-order chi connectivity index (χ1) is 10.5. The van der Waals surface area contributed by atoms with Gasteiger partial charge in [-0.3, -0.25) is 4.79 Å². The van der Waals surface area contributed by atoms with E-state index in [1.54, 1.807) is 0 Å². The number of aliphatic hydroxyl groups excluding tert-OH is 1. The van der Waals surface area contributed by atoms with Crippen molar-refractivity contribution in [3.05, 3.63) is 58.7 Å². The first-order valence-corrected chi connectivity index (χ1v) is 6.11. The molecule has 1 aromatic carbocycles. The Morgan fingerprint density at radius 1 is 1.32 bits per heavy atom. The SMILES string of the molecule is N#Cc1c[nH]c(C(=O)NC(CO)c2cc(F)c(F)c(F)c2)c1. The van der Waals surface area contributed by atoms with Crippen LogP contribution in [-0.2, 0) is 0 Å². The average molecular weight is 309 g/mol. The fraction of sp³-hybridized carbons (Fsp3) is 0.143. The third kappa shape index (κ3) is 3.10. The highest BCUT2D eigenvalue weighted by Gasteiger charge is 2.20. The molecule has 0 radical (unpaired) electrons. The third-order valence-corrected chi connectivity index (χ3v) is 2.95. The second kappa shape index (κ2) is 6.32. The number of nitrogens with zero attached hydrogens (tertiary/aromatic N) is 1. The summed E-state index contributed by atoms with van der Waals surface area (Å²) in [4.78, 5) is 14.5. The van der Waals surface area contributed by atoms with Crippen molar-refractivity contribution in [3.63, 3.8) is 0 Å². The Labute approximate surface area is 123 Å². The quantitative estimate of drug-likeness (QED) is 0.752. The Kier molecular flexibility index (Phi) is 4.48.